The molecule has 1 aromatic carbocycles. The van der Waals surface area contributed by atoms with Gasteiger partial charge in [0, 0.05) is 18.5 Å². The number of carbonyl (C=O) groups is 1. The van der Waals surface area contributed by atoms with Gasteiger partial charge in [-0.2, -0.15) is 0 Å². The van der Waals surface area contributed by atoms with Gasteiger partial charge in [-0.15, -0.1) is 0 Å². The zero-order valence-electron chi connectivity index (χ0n) is 14.3. The average molecular weight is 362 g/mol. The molecule has 7 nitrogen and oxygen atoms in total. The summed E-state index contributed by atoms with van der Waals surface area (Å²) in [5.74, 6) is 0.320. The summed E-state index contributed by atoms with van der Waals surface area (Å²) < 4.78 is 7.05. The van der Waals surface area contributed by atoms with E-state index in [1.165, 1.54) is 0 Å². The van der Waals surface area contributed by atoms with Crippen LogP contribution in [0.15, 0.2) is 24.3 Å². The van der Waals surface area contributed by atoms with Crippen LogP contribution in [0.2, 0.25) is 5.15 Å². The van der Waals surface area contributed by atoms with Crippen molar-refractivity contribution in [3.63, 3.8) is 0 Å². The number of nitrogens with two attached hydrogens (primary N) is 1. The number of rotatable bonds is 3. The average Bonchev–Trinajstić information content (AvgIpc) is 2.84. The maximum atomic E-state index is 11.8. The lowest BCUT2D eigenvalue weighted by Gasteiger charge is -2.19. The molecule has 3 rings (SSSR count). The summed E-state index contributed by atoms with van der Waals surface area (Å²) in [6.45, 7) is 6.23. The monoisotopic (exact) mass is 361 g/mol. The van der Waals surface area contributed by atoms with Gasteiger partial charge < -0.3 is 20.4 Å². The molecule has 132 valence electrons. The summed E-state index contributed by atoms with van der Waals surface area (Å²) in [5, 5.41) is 3.93. The van der Waals surface area contributed by atoms with Crippen LogP contribution in [0.3, 0.4) is 0 Å². The molecule has 1 amide bonds. The van der Waals surface area contributed by atoms with Crippen molar-refractivity contribution in [2.24, 2.45) is 0 Å². The molecule has 0 saturated carbocycles. The van der Waals surface area contributed by atoms with Gasteiger partial charge in [0.05, 0.1) is 11.0 Å². The number of aromatic nitrogens is 3. The quantitative estimate of drug-likeness (QED) is 0.697. The second-order valence-corrected chi connectivity index (χ2v) is 7.03. The van der Waals surface area contributed by atoms with Crippen molar-refractivity contribution in [3.8, 4) is 0 Å². The number of hydrogen-bond donors (Lipinski definition) is 2. The van der Waals surface area contributed by atoms with E-state index in [1.54, 1.807) is 0 Å². The first-order valence-corrected chi connectivity index (χ1v) is 8.31. The van der Waals surface area contributed by atoms with Crippen LogP contribution in [-0.4, -0.2) is 32.8 Å². The number of imidazole rings is 1. The van der Waals surface area contributed by atoms with Crippen LogP contribution in [-0.2, 0) is 11.3 Å². The molecule has 0 aliphatic rings. The Morgan fingerprint density at radius 3 is 2.76 bits per heavy atom. The maximum Gasteiger partial charge on any atom is 0.407 e. The van der Waals surface area contributed by atoms with E-state index < -0.39 is 11.7 Å². The van der Waals surface area contributed by atoms with E-state index in [2.05, 4.69) is 15.3 Å². The molecular formula is C17H20ClN5O2. The Kier molecular flexibility index (Phi) is 4.43. The Labute approximate surface area is 150 Å². The number of nitrogens with zero attached hydrogens (tertiary/aromatic N) is 3. The molecule has 8 heteroatoms. The van der Waals surface area contributed by atoms with Crippen LogP contribution >= 0.6 is 11.6 Å². The standard InChI is InChI=1S/C17H20ClN5O2/c1-17(2,3)25-16(24)20-8-9-23-13-10-6-4-5-7-11(10)21-14(18)12(13)22-15(23)19/h4-7H,8-9H2,1-3H3,(H2,19,22)(H,20,24). The maximum absolute atomic E-state index is 11.8. The molecule has 3 aromatic rings. The summed E-state index contributed by atoms with van der Waals surface area (Å²) in [7, 11) is 0. The highest BCUT2D eigenvalue weighted by Crippen LogP contribution is 2.30. The predicted molar refractivity (Wildman–Crippen MR) is 98.7 cm³/mol. The SMILES string of the molecule is CC(C)(C)OC(=O)NCCn1c(N)nc2c(Cl)nc3ccccc3c21. The van der Waals surface area contributed by atoms with Crippen molar-refractivity contribution in [1.82, 2.24) is 19.9 Å². The minimum Gasteiger partial charge on any atom is -0.444 e. The Bertz CT molecular complexity index is 945. The smallest absolute Gasteiger partial charge is 0.407 e. The lowest BCUT2D eigenvalue weighted by Crippen LogP contribution is -2.34. The topological polar surface area (TPSA) is 95.1 Å². The van der Waals surface area contributed by atoms with E-state index in [-0.39, 0.29) is 0 Å². The molecule has 0 aliphatic heterocycles. The van der Waals surface area contributed by atoms with Crippen molar-refractivity contribution in [2.45, 2.75) is 32.9 Å². The number of fused-ring (bicyclic) bond motifs is 3. The van der Waals surface area contributed by atoms with E-state index in [1.807, 2.05) is 49.6 Å². The first-order chi connectivity index (χ1) is 11.8. The molecule has 3 N–H and O–H groups in total. The normalized spacial score (nSPS) is 11.8. The fraction of sp³-hybridized carbons (Fsp3) is 0.353. The van der Waals surface area contributed by atoms with Crippen molar-refractivity contribution in [3.05, 3.63) is 29.4 Å². The van der Waals surface area contributed by atoms with E-state index >= 15 is 0 Å². The lowest BCUT2D eigenvalue weighted by atomic mass is 10.2. The Morgan fingerprint density at radius 2 is 2.04 bits per heavy atom. The number of nitrogen functional groups attached to an aromatic ring is 1. The third kappa shape index (κ3) is 3.61. The molecule has 2 heterocycles. The van der Waals surface area contributed by atoms with Crippen LogP contribution in [0.5, 0.6) is 0 Å². The minimum absolute atomic E-state index is 0.305. The zero-order chi connectivity index (χ0) is 18.2. The van der Waals surface area contributed by atoms with Gasteiger partial charge in [-0.1, -0.05) is 29.8 Å². The molecule has 0 aliphatic carbocycles. The van der Waals surface area contributed by atoms with Crippen molar-refractivity contribution in [1.29, 1.82) is 0 Å². The number of carbonyl (C=O) groups excluding carboxylic acids is 1. The highest BCUT2D eigenvalue weighted by atomic mass is 35.5. The summed E-state index contributed by atoms with van der Waals surface area (Å²) in [4.78, 5) is 20.5. The number of ether oxygens (including phenoxy) is 1. The number of benzene rings is 1. The number of halogens is 1. The number of pyridine rings is 1. The molecule has 0 saturated heterocycles. The summed E-state index contributed by atoms with van der Waals surface area (Å²) in [5.41, 5.74) is 7.63. The first-order valence-electron chi connectivity index (χ1n) is 7.93. The highest BCUT2D eigenvalue weighted by Gasteiger charge is 2.18. The van der Waals surface area contributed by atoms with E-state index in [9.17, 15) is 4.79 Å². The number of anilines is 1. The summed E-state index contributed by atoms with van der Waals surface area (Å²) in [6, 6.07) is 7.64. The zero-order valence-corrected chi connectivity index (χ0v) is 15.1. The number of para-hydroxylation sites is 1. The molecule has 0 unspecified atom stereocenters. The van der Waals surface area contributed by atoms with E-state index in [0.717, 1.165) is 16.4 Å². The van der Waals surface area contributed by atoms with E-state index in [0.29, 0.717) is 29.7 Å². The van der Waals surface area contributed by atoms with E-state index in [4.69, 9.17) is 22.1 Å². The number of amides is 1. The van der Waals surface area contributed by atoms with Crippen LogP contribution in [0.25, 0.3) is 21.9 Å². The Hall–Kier alpha value is -2.54. The molecular weight excluding hydrogens is 342 g/mol. The van der Waals surface area contributed by atoms with Gasteiger partial charge in [0.1, 0.15) is 11.1 Å². The van der Waals surface area contributed by atoms with Crippen LogP contribution in [0, 0.1) is 0 Å². The third-order valence-electron chi connectivity index (χ3n) is 3.57. The van der Waals surface area contributed by atoms with Crippen molar-refractivity contribution >= 4 is 45.6 Å². The first kappa shape index (κ1) is 17.3. The number of alkyl carbamates (subject to hydrolysis) is 1. The number of nitrogens with one attached hydrogen (secondary N) is 1. The molecule has 0 bridgehead atoms. The largest absolute Gasteiger partial charge is 0.444 e. The molecule has 0 fully saturated rings. The summed E-state index contributed by atoms with van der Waals surface area (Å²) in [6.07, 6.45) is -0.472. The molecule has 2 aromatic heterocycles. The van der Waals surface area contributed by atoms with Gasteiger partial charge in [-0.25, -0.2) is 14.8 Å². The number of hydrogen-bond acceptors (Lipinski definition) is 5. The van der Waals surface area contributed by atoms with Crippen molar-refractivity contribution < 1.29 is 9.53 Å². The molecule has 0 spiro atoms. The lowest BCUT2D eigenvalue weighted by molar-refractivity contribution is 0.0526. The fourth-order valence-corrected chi connectivity index (χ4v) is 2.85. The minimum atomic E-state index is -0.541. The van der Waals surface area contributed by atoms with Gasteiger partial charge in [-0.3, -0.25) is 0 Å². The molecule has 0 radical (unpaired) electrons. The Morgan fingerprint density at radius 1 is 1.32 bits per heavy atom. The van der Waals surface area contributed by atoms with Gasteiger partial charge in [0.2, 0.25) is 5.95 Å². The Balaban J connectivity index is 1.89. The van der Waals surface area contributed by atoms with Gasteiger partial charge in [0.25, 0.3) is 0 Å². The van der Waals surface area contributed by atoms with Crippen LogP contribution < -0.4 is 11.1 Å². The highest BCUT2D eigenvalue weighted by molar-refractivity contribution is 6.35. The van der Waals surface area contributed by atoms with Gasteiger partial charge in [0.15, 0.2) is 5.15 Å². The molecule has 0 atom stereocenters. The second kappa shape index (κ2) is 6.40. The van der Waals surface area contributed by atoms with Crippen molar-refractivity contribution in [2.75, 3.05) is 12.3 Å². The summed E-state index contributed by atoms with van der Waals surface area (Å²) >= 11 is 6.25. The third-order valence-corrected chi connectivity index (χ3v) is 3.84. The molecule has 25 heavy (non-hydrogen) atoms. The van der Waals surface area contributed by atoms with Gasteiger partial charge >= 0.3 is 6.09 Å². The van der Waals surface area contributed by atoms with Crippen LogP contribution in [0.1, 0.15) is 20.8 Å². The van der Waals surface area contributed by atoms with Crippen LogP contribution in [0.4, 0.5) is 10.7 Å². The fourth-order valence-electron chi connectivity index (χ4n) is 2.63. The predicted octanol–water partition coefficient (Wildman–Crippen LogP) is 3.34. The second-order valence-electron chi connectivity index (χ2n) is 6.67. The van der Waals surface area contributed by atoms with Gasteiger partial charge in [-0.05, 0) is 26.8 Å².